The van der Waals surface area contributed by atoms with Crippen LogP contribution >= 0.6 is 0 Å². The fourth-order valence-corrected chi connectivity index (χ4v) is 2.47. The Bertz CT molecular complexity index is 585. The minimum Gasteiger partial charge on any atom is -0.481 e. The van der Waals surface area contributed by atoms with Gasteiger partial charge >= 0.3 is 12.3 Å². The second-order valence-corrected chi connectivity index (χ2v) is 5.48. The van der Waals surface area contributed by atoms with E-state index in [1.54, 1.807) is 6.92 Å². The quantitative estimate of drug-likeness (QED) is 0.870. The van der Waals surface area contributed by atoms with Crippen LogP contribution in [0.5, 0.6) is 5.75 Å². The molecule has 1 fully saturated rings. The minimum atomic E-state index is -4.75. The lowest BCUT2D eigenvalue weighted by molar-refractivity contribution is -0.274. The second-order valence-electron chi connectivity index (χ2n) is 5.48. The second kappa shape index (κ2) is 6.47. The minimum absolute atomic E-state index is 0.343. The predicted molar refractivity (Wildman–Crippen MR) is 73.5 cm³/mol. The fourth-order valence-electron chi connectivity index (χ4n) is 2.47. The largest absolute Gasteiger partial charge is 0.573 e. The summed E-state index contributed by atoms with van der Waals surface area (Å²) in [7, 11) is 0. The molecule has 0 aliphatic heterocycles. The molecule has 0 spiro atoms. The lowest BCUT2D eigenvalue weighted by Crippen LogP contribution is -2.44. The number of benzene rings is 1. The van der Waals surface area contributed by atoms with Gasteiger partial charge in [0.15, 0.2) is 0 Å². The van der Waals surface area contributed by atoms with Crippen LogP contribution in [0.15, 0.2) is 24.3 Å². The molecule has 1 aliphatic carbocycles. The first-order chi connectivity index (χ1) is 10.7. The summed E-state index contributed by atoms with van der Waals surface area (Å²) in [5.74, 6) is -2.90. The lowest BCUT2D eigenvalue weighted by atomic mass is 9.73. The summed E-state index contributed by atoms with van der Waals surface area (Å²) in [5, 5.41) is 11.6. The van der Waals surface area contributed by atoms with Crippen LogP contribution in [-0.2, 0) is 9.59 Å². The van der Waals surface area contributed by atoms with E-state index in [0.29, 0.717) is 18.4 Å². The van der Waals surface area contributed by atoms with Crippen molar-refractivity contribution in [3.05, 3.63) is 29.8 Å². The fraction of sp³-hybridized carbons (Fsp3) is 0.467. The van der Waals surface area contributed by atoms with Crippen LogP contribution in [0.2, 0.25) is 0 Å². The molecule has 8 heteroatoms. The van der Waals surface area contributed by atoms with Gasteiger partial charge in [-0.2, -0.15) is 0 Å². The summed E-state index contributed by atoms with van der Waals surface area (Å²) in [6, 6.07) is 4.71. The Hall–Kier alpha value is -2.25. The number of aliphatic carboxylic acids is 1. The molecule has 3 atom stereocenters. The van der Waals surface area contributed by atoms with E-state index < -0.39 is 30.2 Å². The van der Waals surface area contributed by atoms with Gasteiger partial charge in [-0.25, -0.2) is 0 Å². The van der Waals surface area contributed by atoms with E-state index in [0.717, 1.165) is 12.1 Å². The molecule has 0 saturated heterocycles. The van der Waals surface area contributed by atoms with Crippen LogP contribution in [-0.4, -0.2) is 23.3 Å². The number of hydrogen-bond donors (Lipinski definition) is 2. The zero-order chi connectivity index (χ0) is 17.2. The highest BCUT2D eigenvalue weighted by molar-refractivity contribution is 5.86. The molecule has 1 saturated carbocycles. The summed E-state index contributed by atoms with van der Waals surface area (Å²) in [6.07, 6.45) is -3.75. The summed E-state index contributed by atoms with van der Waals surface area (Å²) in [6.45, 7) is 1.67. The highest BCUT2D eigenvalue weighted by atomic mass is 19.4. The maximum absolute atomic E-state index is 12.1. The number of carboxylic acid groups (broad SMARTS) is 1. The molecule has 5 nitrogen and oxygen atoms in total. The molecule has 0 radical (unpaired) electrons. The maximum atomic E-state index is 12.1. The van der Waals surface area contributed by atoms with Crippen LogP contribution in [0.25, 0.3) is 0 Å². The van der Waals surface area contributed by atoms with E-state index in [-0.39, 0.29) is 11.7 Å². The number of amides is 1. The first-order valence-electron chi connectivity index (χ1n) is 7.06. The average molecular weight is 331 g/mol. The molecule has 2 N–H and O–H groups in total. The molecule has 0 heterocycles. The highest BCUT2D eigenvalue weighted by Crippen LogP contribution is 2.35. The monoisotopic (exact) mass is 331 g/mol. The molecular formula is C15H16F3NO4. The molecule has 1 aliphatic rings. The normalized spacial score (nSPS) is 21.9. The van der Waals surface area contributed by atoms with Crippen LogP contribution in [0, 0.1) is 11.8 Å². The topological polar surface area (TPSA) is 75.6 Å². The van der Waals surface area contributed by atoms with E-state index in [4.69, 9.17) is 5.11 Å². The van der Waals surface area contributed by atoms with Crippen molar-refractivity contribution in [2.45, 2.75) is 32.2 Å². The Morgan fingerprint density at radius 2 is 1.78 bits per heavy atom. The van der Waals surface area contributed by atoms with E-state index >= 15 is 0 Å². The Morgan fingerprint density at radius 1 is 1.22 bits per heavy atom. The third-order valence-corrected chi connectivity index (χ3v) is 3.90. The first kappa shape index (κ1) is 17.1. The SMILES string of the molecule is C[C@H](NC(=O)C1CCC1C(=O)O)c1ccc(OC(F)(F)F)cc1. The summed E-state index contributed by atoms with van der Waals surface area (Å²) in [5.41, 5.74) is 0.596. The number of nitrogens with one attached hydrogen (secondary N) is 1. The third-order valence-electron chi connectivity index (χ3n) is 3.90. The smallest absolute Gasteiger partial charge is 0.481 e. The Balaban J connectivity index is 1.94. The van der Waals surface area contributed by atoms with Gasteiger partial charge in [-0.1, -0.05) is 12.1 Å². The number of ether oxygens (including phenoxy) is 1. The summed E-state index contributed by atoms with van der Waals surface area (Å²) in [4.78, 5) is 22.9. The molecule has 1 aromatic carbocycles. The van der Waals surface area contributed by atoms with Gasteiger partial charge in [0, 0.05) is 0 Å². The number of carbonyl (C=O) groups excluding carboxylic acids is 1. The van der Waals surface area contributed by atoms with Gasteiger partial charge in [-0.05, 0) is 37.5 Å². The summed E-state index contributed by atoms with van der Waals surface area (Å²) < 4.78 is 40.0. The number of alkyl halides is 3. The van der Waals surface area contributed by atoms with Crippen molar-refractivity contribution in [1.29, 1.82) is 0 Å². The van der Waals surface area contributed by atoms with Crippen molar-refractivity contribution in [2.24, 2.45) is 11.8 Å². The zero-order valence-corrected chi connectivity index (χ0v) is 12.3. The molecule has 2 unspecified atom stereocenters. The number of rotatable bonds is 5. The Kier molecular flexibility index (Phi) is 4.82. The van der Waals surface area contributed by atoms with Crippen molar-refractivity contribution in [3.63, 3.8) is 0 Å². The van der Waals surface area contributed by atoms with Gasteiger partial charge < -0.3 is 15.2 Å². The van der Waals surface area contributed by atoms with Crippen molar-refractivity contribution in [2.75, 3.05) is 0 Å². The number of halogens is 3. The molecule has 0 bridgehead atoms. The number of carbonyl (C=O) groups is 2. The molecule has 0 aromatic heterocycles. The predicted octanol–water partition coefficient (Wildman–Crippen LogP) is 2.87. The first-order valence-corrected chi connectivity index (χ1v) is 7.06. The third kappa shape index (κ3) is 4.37. The average Bonchev–Trinajstić information content (AvgIpc) is 2.35. The molecule has 2 rings (SSSR count). The highest BCUT2D eigenvalue weighted by Gasteiger charge is 2.41. The zero-order valence-electron chi connectivity index (χ0n) is 12.3. The van der Waals surface area contributed by atoms with Gasteiger partial charge in [0.1, 0.15) is 5.75 Å². The van der Waals surface area contributed by atoms with E-state index in [2.05, 4.69) is 10.1 Å². The molecular weight excluding hydrogens is 315 g/mol. The van der Waals surface area contributed by atoms with Crippen LogP contribution < -0.4 is 10.1 Å². The van der Waals surface area contributed by atoms with Crippen molar-refractivity contribution in [1.82, 2.24) is 5.32 Å². The van der Waals surface area contributed by atoms with Crippen molar-refractivity contribution < 1.29 is 32.6 Å². The van der Waals surface area contributed by atoms with Gasteiger partial charge in [0.05, 0.1) is 17.9 Å². The van der Waals surface area contributed by atoms with Gasteiger partial charge in [-0.15, -0.1) is 13.2 Å². The van der Waals surface area contributed by atoms with Gasteiger partial charge in [0.2, 0.25) is 5.91 Å². The molecule has 1 aromatic rings. The van der Waals surface area contributed by atoms with E-state index in [1.165, 1.54) is 12.1 Å². The summed E-state index contributed by atoms with van der Waals surface area (Å²) >= 11 is 0. The van der Waals surface area contributed by atoms with Crippen molar-refractivity contribution >= 4 is 11.9 Å². The lowest BCUT2D eigenvalue weighted by Gasteiger charge is -2.33. The van der Waals surface area contributed by atoms with Crippen LogP contribution in [0.4, 0.5) is 13.2 Å². The van der Waals surface area contributed by atoms with Gasteiger partial charge in [0.25, 0.3) is 0 Å². The Morgan fingerprint density at radius 3 is 2.22 bits per heavy atom. The molecule has 23 heavy (non-hydrogen) atoms. The number of carboxylic acids is 1. The van der Waals surface area contributed by atoms with Crippen molar-refractivity contribution in [3.8, 4) is 5.75 Å². The van der Waals surface area contributed by atoms with E-state index in [9.17, 15) is 22.8 Å². The molecule has 1 amide bonds. The number of hydrogen-bond acceptors (Lipinski definition) is 3. The maximum Gasteiger partial charge on any atom is 0.573 e. The molecule has 126 valence electrons. The van der Waals surface area contributed by atoms with Gasteiger partial charge in [-0.3, -0.25) is 9.59 Å². The van der Waals surface area contributed by atoms with E-state index in [1.807, 2.05) is 0 Å². The van der Waals surface area contributed by atoms with Crippen LogP contribution in [0.3, 0.4) is 0 Å². The standard InChI is InChI=1S/C15H16F3NO4/c1-8(19-13(20)11-6-7-12(11)14(21)22)9-2-4-10(5-3-9)23-15(16,17)18/h2-5,8,11-12H,6-7H2,1H3,(H,19,20)(H,21,22)/t8-,11?,12?/m0/s1. The Labute approximate surface area is 130 Å². The van der Waals surface area contributed by atoms with Crippen LogP contribution in [0.1, 0.15) is 31.4 Å².